The van der Waals surface area contributed by atoms with E-state index in [2.05, 4.69) is 0 Å². The molecule has 1 rings (SSSR count). The molecule has 0 spiro atoms. The number of nitriles is 1. The van der Waals surface area contributed by atoms with Crippen LogP contribution in [0.4, 0.5) is 0 Å². The van der Waals surface area contributed by atoms with Gasteiger partial charge in [-0.15, -0.1) is 0 Å². The van der Waals surface area contributed by atoms with Crippen molar-refractivity contribution < 1.29 is 5.11 Å². The zero-order valence-corrected chi connectivity index (χ0v) is 8.39. The lowest BCUT2D eigenvalue weighted by Gasteiger charge is -2.07. The second-order valence-electron chi connectivity index (χ2n) is 2.68. The van der Waals surface area contributed by atoms with Crippen LogP contribution in [0.2, 0.25) is 10.0 Å². The molecule has 0 aromatic heterocycles. The average Bonchev–Trinajstić information content (AvgIpc) is 2.10. The lowest BCUT2D eigenvalue weighted by atomic mass is 10.0. The molecule has 1 atom stereocenters. The summed E-state index contributed by atoms with van der Waals surface area (Å²) in [6, 6.07) is 4.97. The van der Waals surface area contributed by atoms with E-state index in [0.717, 1.165) is 0 Å². The van der Waals surface area contributed by atoms with E-state index in [4.69, 9.17) is 28.5 Å². The third-order valence-electron chi connectivity index (χ3n) is 1.72. The zero-order valence-electron chi connectivity index (χ0n) is 6.88. The van der Waals surface area contributed by atoms with Crippen LogP contribution in [0.25, 0.3) is 0 Å². The lowest BCUT2D eigenvalue weighted by molar-refractivity contribution is 0.467. The molecular weight excluding hydrogens is 209 g/mol. The summed E-state index contributed by atoms with van der Waals surface area (Å²) >= 11 is 11.4. The summed E-state index contributed by atoms with van der Waals surface area (Å²) in [5.41, 5.74) is 0.458. The molecule has 0 aliphatic heterocycles. The summed E-state index contributed by atoms with van der Waals surface area (Å²) in [5.74, 6) is -0.490. The molecule has 68 valence electrons. The van der Waals surface area contributed by atoms with Crippen LogP contribution in [0, 0.1) is 11.3 Å². The van der Waals surface area contributed by atoms with Gasteiger partial charge in [-0.3, -0.25) is 0 Å². The Labute approximate surface area is 86.3 Å². The minimum Gasteiger partial charge on any atom is -0.506 e. The van der Waals surface area contributed by atoms with Crippen molar-refractivity contribution in [1.82, 2.24) is 0 Å². The Kier molecular flexibility index (Phi) is 3.02. The fraction of sp³-hybridized carbons (Fsp3) is 0.222. The molecule has 4 heteroatoms. The minimum atomic E-state index is -0.420. The van der Waals surface area contributed by atoms with Crippen LogP contribution in [0.15, 0.2) is 12.1 Å². The molecule has 1 N–H and O–H groups in total. The van der Waals surface area contributed by atoms with Crippen LogP contribution in [0.1, 0.15) is 18.4 Å². The zero-order chi connectivity index (χ0) is 10.0. The van der Waals surface area contributed by atoms with Crippen molar-refractivity contribution in [3.63, 3.8) is 0 Å². The van der Waals surface area contributed by atoms with Crippen LogP contribution in [-0.2, 0) is 0 Å². The predicted octanol–water partition coefficient (Wildman–Crippen LogP) is 3.33. The molecule has 2 nitrogen and oxygen atoms in total. The first-order chi connectivity index (χ1) is 6.06. The quantitative estimate of drug-likeness (QED) is 0.782. The summed E-state index contributed by atoms with van der Waals surface area (Å²) in [4.78, 5) is 0. The molecule has 0 aliphatic rings. The topological polar surface area (TPSA) is 44.0 Å². The van der Waals surface area contributed by atoms with Gasteiger partial charge in [-0.05, 0) is 19.1 Å². The molecular formula is C9H7Cl2NO. The van der Waals surface area contributed by atoms with Gasteiger partial charge in [0.2, 0.25) is 0 Å². The number of aromatic hydroxyl groups is 1. The molecule has 0 amide bonds. The molecule has 0 saturated heterocycles. The Hall–Kier alpha value is -0.910. The lowest BCUT2D eigenvalue weighted by Crippen LogP contribution is -1.90. The number of nitrogens with zero attached hydrogens (tertiary/aromatic N) is 1. The van der Waals surface area contributed by atoms with Crippen molar-refractivity contribution in [2.24, 2.45) is 0 Å². The summed E-state index contributed by atoms with van der Waals surface area (Å²) in [5, 5.41) is 18.7. The van der Waals surface area contributed by atoms with Gasteiger partial charge in [-0.2, -0.15) is 5.26 Å². The van der Waals surface area contributed by atoms with Gasteiger partial charge in [0.1, 0.15) is 5.75 Å². The third-order valence-corrected chi connectivity index (χ3v) is 2.22. The fourth-order valence-corrected chi connectivity index (χ4v) is 1.49. The molecule has 1 aromatic carbocycles. The van der Waals surface area contributed by atoms with E-state index < -0.39 is 5.92 Å². The second kappa shape index (κ2) is 3.87. The number of phenolic OH excluding ortho intramolecular Hbond substituents is 1. The average molecular weight is 216 g/mol. The summed E-state index contributed by atoms with van der Waals surface area (Å²) in [6.07, 6.45) is 0. The maximum Gasteiger partial charge on any atom is 0.138 e. The van der Waals surface area contributed by atoms with Gasteiger partial charge in [-0.1, -0.05) is 23.2 Å². The summed E-state index contributed by atoms with van der Waals surface area (Å²) in [7, 11) is 0. The first-order valence-electron chi connectivity index (χ1n) is 3.63. The number of hydrogen-bond acceptors (Lipinski definition) is 2. The van der Waals surface area contributed by atoms with E-state index in [1.54, 1.807) is 6.92 Å². The molecule has 0 radical (unpaired) electrons. The van der Waals surface area contributed by atoms with Crippen LogP contribution >= 0.6 is 23.2 Å². The Balaban J connectivity index is 3.30. The highest BCUT2D eigenvalue weighted by Crippen LogP contribution is 2.35. The highest BCUT2D eigenvalue weighted by molar-refractivity contribution is 6.35. The number of hydrogen-bond donors (Lipinski definition) is 1. The van der Waals surface area contributed by atoms with Crippen molar-refractivity contribution in [2.45, 2.75) is 12.8 Å². The predicted molar refractivity (Wildman–Crippen MR) is 52.2 cm³/mol. The van der Waals surface area contributed by atoms with Crippen molar-refractivity contribution in [2.75, 3.05) is 0 Å². The number of phenols is 1. The van der Waals surface area contributed by atoms with Crippen molar-refractivity contribution >= 4 is 23.2 Å². The van der Waals surface area contributed by atoms with E-state index >= 15 is 0 Å². The van der Waals surface area contributed by atoms with E-state index in [1.165, 1.54) is 12.1 Å². The first kappa shape index (κ1) is 10.2. The first-order valence-corrected chi connectivity index (χ1v) is 4.39. The normalized spacial score (nSPS) is 12.2. The minimum absolute atomic E-state index is 0.0693. The summed E-state index contributed by atoms with van der Waals surface area (Å²) in [6.45, 7) is 1.67. The number of benzene rings is 1. The van der Waals surface area contributed by atoms with Gasteiger partial charge in [0.05, 0.1) is 17.0 Å². The number of halogens is 2. The van der Waals surface area contributed by atoms with Crippen LogP contribution in [0.3, 0.4) is 0 Å². The van der Waals surface area contributed by atoms with E-state index in [9.17, 15) is 5.11 Å². The molecule has 1 aromatic rings. The molecule has 0 bridgehead atoms. The van der Waals surface area contributed by atoms with E-state index in [1.807, 2.05) is 6.07 Å². The standard InChI is InChI=1S/C9H7Cl2NO/c1-5(4-12)7-2-6(10)3-8(11)9(7)13/h2-3,5,13H,1H3. The van der Waals surface area contributed by atoms with Crippen molar-refractivity contribution in [1.29, 1.82) is 5.26 Å². The highest BCUT2D eigenvalue weighted by atomic mass is 35.5. The Morgan fingerprint density at radius 2 is 2.08 bits per heavy atom. The molecule has 0 aliphatic carbocycles. The van der Waals surface area contributed by atoms with Gasteiger partial charge in [0.15, 0.2) is 0 Å². The SMILES string of the molecule is CC(C#N)c1cc(Cl)cc(Cl)c1O. The smallest absolute Gasteiger partial charge is 0.138 e. The molecule has 0 fully saturated rings. The van der Waals surface area contributed by atoms with Gasteiger partial charge in [-0.25, -0.2) is 0 Å². The van der Waals surface area contributed by atoms with Crippen molar-refractivity contribution in [3.05, 3.63) is 27.7 Å². The van der Waals surface area contributed by atoms with E-state index in [0.29, 0.717) is 10.6 Å². The summed E-state index contributed by atoms with van der Waals surface area (Å²) < 4.78 is 0. The Bertz CT molecular complexity index is 371. The second-order valence-corrected chi connectivity index (χ2v) is 3.52. The maximum absolute atomic E-state index is 9.48. The van der Waals surface area contributed by atoms with Crippen LogP contribution < -0.4 is 0 Å². The Morgan fingerprint density at radius 1 is 1.46 bits per heavy atom. The van der Waals surface area contributed by atoms with E-state index in [-0.39, 0.29) is 10.8 Å². The van der Waals surface area contributed by atoms with Gasteiger partial charge >= 0.3 is 0 Å². The largest absolute Gasteiger partial charge is 0.506 e. The van der Waals surface area contributed by atoms with Crippen LogP contribution in [-0.4, -0.2) is 5.11 Å². The maximum atomic E-state index is 9.48. The molecule has 0 heterocycles. The number of rotatable bonds is 1. The fourth-order valence-electron chi connectivity index (χ4n) is 0.986. The van der Waals surface area contributed by atoms with Crippen LogP contribution in [0.5, 0.6) is 5.75 Å². The molecule has 0 saturated carbocycles. The highest BCUT2D eigenvalue weighted by Gasteiger charge is 2.13. The third kappa shape index (κ3) is 2.06. The van der Waals surface area contributed by atoms with Gasteiger partial charge in [0.25, 0.3) is 0 Å². The monoisotopic (exact) mass is 215 g/mol. The van der Waals surface area contributed by atoms with Gasteiger partial charge < -0.3 is 5.11 Å². The Morgan fingerprint density at radius 3 is 2.62 bits per heavy atom. The van der Waals surface area contributed by atoms with Gasteiger partial charge in [0, 0.05) is 10.6 Å². The molecule has 13 heavy (non-hydrogen) atoms. The van der Waals surface area contributed by atoms with Crippen molar-refractivity contribution in [3.8, 4) is 11.8 Å². The molecule has 1 unspecified atom stereocenters.